The van der Waals surface area contributed by atoms with Gasteiger partial charge in [0.1, 0.15) is 0 Å². The van der Waals surface area contributed by atoms with Gasteiger partial charge in [-0.1, -0.05) is 6.58 Å². The molecule has 68 valence electrons. The molecule has 0 N–H and O–H groups in total. The van der Waals surface area contributed by atoms with E-state index in [1.54, 1.807) is 6.92 Å². The molecular formula is C9H10N2O2. The fourth-order valence-electron chi connectivity index (χ4n) is 0.475. The van der Waals surface area contributed by atoms with Gasteiger partial charge in [0.2, 0.25) is 0 Å². The molecule has 0 radical (unpaired) electrons. The summed E-state index contributed by atoms with van der Waals surface area (Å²) in [5.74, 6) is -0.481. The van der Waals surface area contributed by atoms with E-state index >= 15 is 0 Å². The fraction of sp³-hybridized carbons (Fsp3) is 0.222. The molecule has 0 saturated heterocycles. The highest BCUT2D eigenvalue weighted by Crippen LogP contribution is 1.97. The van der Waals surface area contributed by atoms with E-state index < -0.39 is 0 Å². The Labute approximate surface area is 76.8 Å². The third-order valence-electron chi connectivity index (χ3n) is 1.22. The van der Waals surface area contributed by atoms with Gasteiger partial charge in [-0.25, -0.2) is 0 Å². The lowest BCUT2D eigenvalue weighted by molar-refractivity contribution is -0.135. The van der Waals surface area contributed by atoms with Crippen LogP contribution < -0.4 is 0 Å². The number of hydrogen-bond donors (Lipinski definition) is 0. The normalized spacial score (nSPS) is 13.5. The average Bonchev–Trinajstić information content (AvgIpc) is 2.37. The summed E-state index contributed by atoms with van der Waals surface area (Å²) in [5.41, 5.74) is 0.560. The number of allylic oxidation sites excluding steroid dienone is 1. The maximum absolute atomic E-state index is 10.4. The Hall–Kier alpha value is -1.89. The highest BCUT2D eigenvalue weighted by Gasteiger charge is 2.17. The summed E-state index contributed by atoms with van der Waals surface area (Å²) < 4.78 is 0. The second-order valence-electron chi connectivity index (χ2n) is 2.46. The van der Waals surface area contributed by atoms with E-state index in [1.165, 1.54) is 19.2 Å². The van der Waals surface area contributed by atoms with Crippen LogP contribution >= 0.6 is 0 Å². The van der Waals surface area contributed by atoms with Crippen molar-refractivity contribution in [2.75, 3.05) is 7.05 Å². The number of likely N-dealkylation sites (N-methyl/N-ethyl adjacent to an activating group) is 1. The zero-order valence-electron chi connectivity index (χ0n) is 7.57. The SMILES string of the molecule is C=C(C)C#N.CN1C(=O)C=CC1=O. The third-order valence-corrected chi connectivity index (χ3v) is 1.22. The first-order chi connectivity index (χ1) is 5.99. The van der Waals surface area contributed by atoms with Gasteiger partial charge in [0.25, 0.3) is 11.8 Å². The first kappa shape index (κ1) is 11.1. The van der Waals surface area contributed by atoms with Gasteiger partial charge in [0.15, 0.2) is 0 Å². The van der Waals surface area contributed by atoms with Gasteiger partial charge in [-0.2, -0.15) is 5.26 Å². The van der Waals surface area contributed by atoms with Crippen LogP contribution in [0.3, 0.4) is 0 Å². The molecule has 0 unspecified atom stereocenters. The molecule has 0 aromatic heterocycles. The monoisotopic (exact) mass is 178 g/mol. The van der Waals surface area contributed by atoms with E-state index in [2.05, 4.69) is 6.58 Å². The molecule has 0 atom stereocenters. The largest absolute Gasteiger partial charge is 0.279 e. The molecule has 0 aliphatic carbocycles. The molecular weight excluding hydrogens is 168 g/mol. The van der Waals surface area contributed by atoms with E-state index in [9.17, 15) is 9.59 Å². The molecule has 1 heterocycles. The maximum Gasteiger partial charge on any atom is 0.253 e. The van der Waals surface area contributed by atoms with Crippen LogP contribution in [0.1, 0.15) is 6.92 Å². The minimum atomic E-state index is -0.241. The van der Waals surface area contributed by atoms with E-state index in [-0.39, 0.29) is 11.8 Å². The van der Waals surface area contributed by atoms with Gasteiger partial charge in [-0.05, 0) is 6.92 Å². The number of carbonyl (C=O) groups is 2. The van der Waals surface area contributed by atoms with Crippen LogP contribution in [-0.2, 0) is 9.59 Å². The maximum atomic E-state index is 10.4. The van der Waals surface area contributed by atoms with Crippen molar-refractivity contribution in [3.8, 4) is 6.07 Å². The molecule has 0 aromatic rings. The van der Waals surface area contributed by atoms with Crippen molar-refractivity contribution >= 4 is 11.8 Å². The number of rotatable bonds is 0. The van der Waals surface area contributed by atoms with Crippen molar-refractivity contribution in [2.24, 2.45) is 0 Å². The number of carbonyl (C=O) groups excluding carboxylic acids is 2. The van der Waals surface area contributed by atoms with Crippen LogP contribution in [-0.4, -0.2) is 23.8 Å². The zero-order chi connectivity index (χ0) is 10.4. The Morgan fingerprint density at radius 1 is 1.46 bits per heavy atom. The minimum absolute atomic E-state index is 0.241. The highest BCUT2D eigenvalue weighted by molar-refractivity contribution is 6.12. The summed E-state index contributed by atoms with van der Waals surface area (Å²) in [6, 6.07) is 1.83. The van der Waals surface area contributed by atoms with Gasteiger partial charge < -0.3 is 0 Å². The van der Waals surface area contributed by atoms with Crippen molar-refractivity contribution < 1.29 is 9.59 Å². The first-order valence-electron chi connectivity index (χ1n) is 3.54. The van der Waals surface area contributed by atoms with Gasteiger partial charge >= 0.3 is 0 Å². The van der Waals surface area contributed by atoms with Crippen molar-refractivity contribution in [1.82, 2.24) is 4.90 Å². The van der Waals surface area contributed by atoms with E-state index in [4.69, 9.17) is 5.26 Å². The standard InChI is InChI=1S/C5H5NO2.C4H5N/c1-6-4(7)2-3-5(6)8;1-4(2)3-5/h2-3H,1H3;1H2,2H3. The van der Waals surface area contributed by atoms with Crippen LogP contribution in [0.5, 0.6) is 0 Å². The van der Waals surface area contributed by atoms with Crippen molar-refractivity contribution in [1.29, 1.82) is 5.26 Å². The third kappa shape index (κ3) is 3.87. The summed E-state index contributed by atoms with van der Waals surface area (Å²) in [6.45, 7) is 4.98. The molecule has 0 aromatic carbocycles. The Morgan fingerprint density at radius 3 is 1.85 bits per heavy atom. The van der Waals surface area contributed by atoms with Crippen LogP contribution in [0.15, 0.2) is 24.3 Å². The molecule has 0 bridgehead atoms. The molecule has 0 fully saturated rings. The van der Waals surface area contributed by atoms with Crippen molar-refractivity contribution in [3.63, 3.8) is 0 Å². The van der Waals surface area contributed by atoms with Crippen molar-refractivity contribution in [3.05, 3.63) is 24.3 Å². The lowest BCUT2D eigenvalue weighted by Crippen LogP contribution is -2.24. The Bertz CT molecular complexity index is 292. The number of imide groups is 1. The molecule has 4 heteroatoms. The lowest BCUT2D eigenvalue weighted by atomic mass is 10.4. The minimum Gasteiger partial charge on any atom is -0.279 e. The lowest BCUT2D eigenvalue weighted by Gasteiger charge is -2.01. The average molecular weight is 178 g/mol. The molecule has 0 saturated carbocycles. The Morgan fingerprint density at radius 2 is 1.77 bits per heavy atom. The molecule has 2 amide bonds. The molecule has 4 nitrogen and oxygen atoms in total. The van der Waals surface area contributed by atoms with Gasteiger partial charge in [-0.15, -0.1) is 0 Å². The van der Waals surface area contributed by atoms with Crippen LogP contribution in [0.4, 0.5) is 0 Å². The van der Waals surface area contributed by atoms with Gasteiger partial charge in [0, 0.05) is 24.8 Å². The topological polar surface area (TPSA) is 61.2 Å². The second kappa shape index (κ2) is 4.88. The zero-order valence-corrected chi connectivity index (χ0v) is 7.57. The van der Waals surface area contributed by atoms with E-state index in [1.807, 2.05) is 6.07 Å². The van der Waals surface area contributed by atoms with E-state index in [0.717, 1.165) is 4.90 Å². The van der Waals surface area contributed by atoms with Crippen molar-refractivity contribution in [2.45, 2.75) is 6.92 Å². The van der Waals surface area contributed by atoms with Gasteiger partial charge in [-0.3, -0.25) is 14.5 Å². The van der Waals surface area contributed by atoms with Gasteiger partial charge in [0.05, 0.1) is 6.07 Å². The van der Waals surface area contributed by atoms with Crippen LogP contribution in [0.25, 0.3) is 0 Å². The summed E-state index contributed by atoms with van der Waals surface area (Å²) in [5, 5.41) is 7.79. The summed E-state index contributed by atoms with van der Waals surface area (Å²) >= 11 is 0. The van der Waals surface area contributed by atoms with Crippen LogP contribution in [0, 0.1) is 11.3 Å². The molecule has 1 aliphatic rings. The quantitative estimate of drug-likeness (QED) is 0.403. The first-order valence-corrected chi connectivity index (χ1v) is 3.54. The summed E-state index contributed by atoms with van der Waals surface area (Å²) in [7, 11) is 1.45. The fourth-order valence-corrected chi connectivity index (χ4v) is 0.475. The predicted molar refractivity (Wildman–Crippen MR) is 47.3 cm³/mol. The number of amides is 2. The molecule has 1 aliphatic heterocycles. The predicted octanol–water partition coefficient (Wildman–Crippen LogP) is 0.627. The smallest absolute Gasteiger partial charge is 0.253 e. The van der Waals surface area contributed by atoms with Crippen LogP contribution in [0.2, 0.25) is 0 Å². The summed E-state index contributed by atoms with van der Waals surface area (Å²) in [4.78, 5) is 21.9. The number of nitriles is 1. The molecule has 1 rings (SSSR count). The highest BCUT2D eigenvalue weighted by atomic mass is 16.2. The molecule has 0 spiro atoms. The Kier molecular flexibility index (Phi) is 4.17. The molecule has 13 heavy (non-hydrogen) atoms. The second-order valence-corrected chi connectivity index (χ2v) is 2.46. The number of hydrogen-bond acceptors (Lipinski definition) is 3. The summed E-state index contributed by atoms with van der Waals surface area (Å²) in [6.07, 6.45) is 2.50. The van der Waals surface area contributed by atoms with E-state index in [0.29, 0.717) is 5.57 Å². The number of nitrogens with zero attached hydrogens (tertiary/aromatic N) is 2. The Balaban J connectivity index is 0.000000252.